The minimum Gasteiger partial charge on any atom is -0.510 e. The maximum Gasteiger partial charge on any atom is 0.121 e. The van der Waals surface area contributed by atoms with Gasteiger partial charge in [0.05, 0.1) is 21.8 Å². The molecule has 4 N–H and O–H groups in total. The minimum absolute atomic E-state index is 0.0297. The highest BCUT2D eigenvalue weighted by Gasteiger charge is 2.19. The number of halogens is 2. The predicted molar refractivity (Wildman–Crippen MR) is 113 cm³/mol. The lowest BCUT2D eigenvalue weighted by atomic mass is 10.0. The molecule has 4 nitrogen and oxygen atoms in total. The summed E-state index contributed by atoms with van der Waals surface area (Å²) in [5, 5.41) is 26.3. The van der Waals surface area contributed by atoms with Crippen molar-refractivity contribution in [1.82, 2.24) is 5.32 Å². The van der Waals surface area contributed by atoms with Crippen LogP contribution in [0.2, 0.25) is 10.0 Å². The van der Waals surface area contributed by atoms with Crippen molar-refractivity contribution in [3.8, 4) is 0 Å². The van der Waals surface area contributed by atoms with Gasteiger partial charge in [0.15, 0.2) is 0 Å². The molecule has 0 bridgehead atoms. The number of anilines is 1. The van der Waals surface area contributed by atoms with Gasteiger partial charge in [-0.15, -0.1) is 0 Å². The Morgan fingerprint density at radius 2 is 1.89 bits per heavy atom. The molecule has 2 unspecified atom stereocenters. The van der Waals surface area contributed by atoms with Crippen LogP contribution in [-0.4, -0.2) is 16.9 Å². The number of aliphatic hydroxyl groups is 1. The lowest BCUT2D eigenvalue weighted by molar-refractivity contribution is 0.378. The fourth-order valence-electron chi connectivity index (χ4n) is 2.70. The van der Waals surface area contributed by atoms with Gasteiger partial charge >= 0.3 is 0 Å². The third-order valence-electron chi connectivity index (χ3n) is 4.08. The van der Waals surface area contributed by atoms with Gasteiger partial charge in [-0.3, -0.25) is 0 Å². The zero-order chi connectivity index (χ0) is 19.2. The molecule has 1 aliphatic rings. The third kappa shape index (κ3) is 4.94. The van der Waals surface area contributed by atoms with Crippen LogP contribution in [0.15, 0.2) is 84.8 Å². The van der Waals surface area contributed by atoms with E-state index in [0.29, 0.717) is 15.7 Å². The standard InChI is InChI=1S/C21H19Cl2N3O/c22-16-10-9-15(12-17(16)23)26-21(14-6-2-1-3-7-14)20(27)13-18(24)19-8-4-5-11-25-19/h1-13,19,21,24-27H/b20-13-,24-18?. The van der Waals surface area contributed by atoms with E-state index in [4.69, 9.17) is 28.6 Å². The second-order valence-corrected chi connectivity index (χ2v) is 6.84. The SMILES string of the molecule is N=C(/C=C(\O)C(Nc1ccc(Cl)c(Cl)c1)c1ccccc1)C1C=CC=CN1. The average Bonchev–Trinajstić information content (AvgIpc) is 2.70. The van der Waals surface area contributed by atoms with Crippen LogP contribution in [0.25, 0.3) is 0 Å². The summed E-state index contributed by atoms with van der Waals surface area (Å²) in [6.07, 6.45) is 8.81. The molecule has 2 aromatic carbocycles. The van der Waals surface area contributed by atoms with E-state index in [1.54, 1.807) is 24.4 Å². The molecular formula is C21H19Cl2N3O. The first kappa shape index (κ1) is 19.1. The van der Waals surface area contributed by atoms with E-state index >= 15 is 0 Å². The summed E-state index contributed by atoms with van der Waals surface area (Å²) in [6.45, 7) is 0. The van der Waals surface area contributed by atoms with Crippen molar-refractivity contribution in [3.63, 3.8) is 0 Å². The van der Waals surface area contributed by atoms with Gasteiger partial charge in [0, 0.05) is 11.8 Å². The zero-order valence-corrected chi connectivity index (χ0v) is 15.9. The minimum atomic E-state index is -0.535. The van der Waals surface area contributed by atoms with Crippen molar-refractivity contribution in [2.75, 3.05) is 5.32 Å². The molecule has 2 aromatic rings. The molecule has 138 valence electrons. The molecular weight excluding hydrogens is 381 g/mol. The summed E-state index contributed by atoms with van der Waals surface area (Å²) >= 11 is 12.1. The van der Waals surface area contributed by atoms with Crippen molar-refractivity contribution in [2.24, 2.45) is 0 Å². The van der Waals surface area contributed by atoms with Gasteiger partial charge in [-0.1, -0.05) is 65.7 Å². The Balaban J connectivity index is 1.88. The van der Waals surface area contributed by atoms with E-state index in [1.807, 2.05) is 48.6 Å². The molecule has 0 spiro atoms. The van der Waals surface area contributed by atoms with E-state index < -0.39 is 6.04 Å². The maximum absolute atomic E-state index is 10.8. The fourth-order valence-corrected chi connectivity index (χ4v) is 3.00. The summed E-state index contributed by atoms with van der Waals surface area (Å²) in [5.74, 6) is 0.0297. The first-order valence-electron chi connectivity index (χ1n) is 8.39. The highest BCUT2D eigenvalue weighted by atomic mass is 35.5. The van der Waals surface area contributed by atoms with Crippen molar-refractivity contribution < 1.29 is 5.11 Å². The number of dihydropyridines is 1. The lowest BCUT2D eigenvalue weighted by Crippen LogP contribution is -2.31. The molecule has 3 rings (SSSR count). The molecule has 6 heteroatoms. The molecule has 0 amide bonds. The van der Waals surface area contributed by atoms with Crippen LogP contribution in [0.5, 0.6) is 0 Å². The van der Waals surface area contributed by atoms with Crippen LogP contribution in [0, 0.1) is 5.41 Å². The van der Waals surface area contributed by atoms with Gasteiger partial charge in [0.2, 0.25) is 0 Å². The van der Waals surface area contributed by atoms with Crippen molar-refractivity contribution in [1.29, 1.82) is 5.41 Å². The molecule has 0 aromatic heterocycles. The van der Waals surface area contributed by atoms with Gasteiger partial charge < -0.3 is 21.1 Å². The van der Waals surface area contributed by atoms with E-state index in [0.717, 1.165) is 5.56 Å². The quantitative estimate of drug-likeness (QED) is 0.374. The summed E-state index contributed by atoms with van der Waals surface area (Å²) in [4.78, 5) is 0. The number of rotatable bonds is 6. The second-order valence-electron chi connectivity index (χ2n) is 6.03. The molecule has 0 saturated carbocycles. The van der Waals surface area contributed by atoms with Crippen LogP contribution < -0.4 is 10.6 Å². The zero-order valence-electron chi connectivity index (χ0n) is 14.4. The van der Waals surface area contributed by atoms with E-state index in [9.17, 15) is 5.11 Å². The maximum atomic E-state index is 10.8. The van der Waals surface area contributed by atoms with Crippen LogP contribution in [-0.2, 0) is 0 Å². The Labute approximate surface area is 168 Å². The highest BCUT2D eigenvalue weighted by Crippen LogP contribution is 2.30. The van der Waals surface area contributed by atoms with Crippen molar-refractivity contribution in [2.45, 2.75) is 12.1 Å². The van der Waals surface area contributed by atoms with E-state index in [2.05, 4.69) is 10.6 Å². The highest BCUT2D eigenvalue weighted by molar-refractivity contribution is 6.42. The first-order valence-corrected chi connectivity index (χ1v) is 9.15. The number of nitrogens with one attached hydrogen (secondary N) is 3. The fraction of sp³-hybridized carbons (Fsp3) is 0.0952. The first-order chi connectivity index (χ1) is 13.0. The van der Waals surface area contributed by atoms with E-state index in [-0.39, 0.29) is 17.5 Å². The van der Waals surface area contributed by atoms with Gasteiger partial charge in [0.1, 0.15) is 11.8 Å². The van der Waals surface area contributed by atoms with Gasteiger partial charge in [-0.2, -0.15) is 0 Å². The van der Waals surface area contributed by atoms with Crippen molar-refractivity contribution in [3.05, 3.63) is 100 Å². The summed E-state index contributed by atoms with van der Waals surface area (Å²) < 4.78 is 0. The molecule has 1 heterocycles. The third-order valence-corrected chi connectivity index (χ3v) is 4.82. The van der Waals surface area contributed by atoms with Crippen LogP contribution in [0.4, 0.5) is 5.69 Å². The largest absolute Gasteiger partial charge is 0.510 e. The number of hydrogen-bond acceptors (Lipinski definition) is 4. The lowest BCUT2D eigenvalue weighted by Gasteiger charge is -2.21. The van der Waals surface area contributed by atoms with Crippen LogP contribution in [0.1, 0.15) is 11.6 Å². The van der Waals surface area contributed by atoms with Crippen LogP contribution >= 0.6 is 23.2 Å². The smallest absolute Gasteiger partial charge is 0.121 e. The number of benzene rings is 2. The molecule has 27 heavy (non-hydrogen) atoms. The monoisotopic (exact) mass is 399 g/mol. The van der Waals surface area contributed by atoms with E-state index in [1.165, 1.54) is 6.08 Å². The topological polar surface area (TPSA) is 68.1 Å². The molecule has 0 radical (unpaired) electrons. The Hall–Kier alpha value is -2.69. The summed E-state index contributed by atoms with van der Waals surface area (Å²) in [7, 11) is 0. The Morgan fingerprint density at radius 3 is 2.56 bits per heavy atom. The van der Waals surface area contributed by atoms with Crippen LogP contribution in [0.3, 0.4) is 0 Å². The summed E-state index contributed by atoms with van der Waals surface area (Å²) in [6, 6.07) is 13.9. The molecule has 0 saturated heterocycles. The van der Waals surface area contributed by atoms with Gasteiger partial charge in [-0.05, 0) is 36.0 Å². The van der Waals surface area contributed by atoms with Crippen molar-refractivity contribution >= 4 is 34.6 Å². The Morgan fingerprint density at radius 1 is 1.11 bits per heavy atom. The number of hydrogen-bond donors (Lipinski definition) is 4. The second kappa shape index (κ2) is 8.80. The Bertz CT molecular complexity index is 907. The number of allylic oxidation sites excluding steroid dienone is 2. The molecule has 2 atom stereocenters. The Kier molecular flexibility index (Phi) is 6.22. The summed E-state index contributed by atoms with van der Waals surface area (Å²) in [5.41, 5.74) is 1.82. The normalized spacial score (nSPS) is 17.3. The molecule has 1 aliphatic heterocycles. The number of aliphatic hydroxyl groups excluding tert-OH is 1. The molecule has 0 aliphatic carbocycles. The average molecular weight is 400 g/mol. The van der Waals surface area contributed by atoms with Gasteiger partial charge in [0.25, 0.3) is 0 Å². The van der Waals surface area contributed by atoms with Gasteiger partial charge in [-0.25, -0.2) is 0 Å². The molecule has 0 fully saturated rings. The predicted octanol–water partition coefficient (Wildman–Crippen LogP) is 5.65.